The Morgan fingerprint density at radius 3 is 2.84 bits per heavy atom. The van der Waals surface area contributed by atoms with Gasteiger partial charge in [-0.25, -0.2) is 9.97 Å². The third-order valence-electron chi connectivity index (χ3n) is 4.09. The van der Waals surface area contributed by atoms with Gasteiger partial charge in [0.15, 0.2) is 0 Å². The van der Waals surface area contributed by atoms with E-state index < -0.39 is 0 Å². The first kappa shape index (κ1) is 12.4. The van der Waals surface area contributed by atoms with Crippen molar-refractivity contribution in [2.75, 3.05) is 31.1 Å². The van der Waals surface area contributed by atoms with E-state index in [-0.39, 0.29) is 5.91 Å². The zero-order chi connectivity index (χ0) is 13.2. The van der Waals surface area contributed by atoms with Crippen molar-refractivity contribution in [1.82, 2.24) is 14.9 Å². The van der Waals surface area contributed by atoms with Crippen LogP contribution in [0.5, 0.6) is 0 Å². The Labute approximate surface area is 113 Å². The molecule has 0 radical (unpaired) electrons. The number of nitrogens with zero attached hydrogens (tertiary/aromatic N) is 4. The highest BCUT2D eigenvalue weighted by Crippen LogP contribution is 2.28. The first-order valence-corrected chi connectivity index (χ1v) is 7.09. The molecule has 1 aromatic rings. The van der Waals surface area contributed by atoms with Gasteiger partial charge in [0.1, 0.15) is 12.1 Å². The number of aryl methyl sites for hydroxylation is 1. The van der Waals surface area contributed by atoms with Crippen molar-refractivity contribution in [3.05, 3.63) is 17.6 Å². The lowest BCUT2D eigenvalue weighted by Crippen LogP contribution is -2.34. The fourth-order valence-corrected chi connectivity index (χ4v) is 3.06. The highest BCUT2D eigenvalue weighted by molar-refractivity contribution is 5.73. The van der Waals surface area contributed by atoms with Gasteiger partial charge in [-0.15, -0.1) is 0 Å². The molecule has 0 unspecified atom stereocenters. The van der Waals surface area contributed by atoms with Gasteiger partial charge in [0, 0.05) is 44.4 Å². The topological polar surface area (TPSA) is 49.3 Å². The van der Waals surface area contributed by atoms with Crippen molar-refractivity contribution >= 4 is 11.7 Å². The molecule has 19 heavy (non-hydrogen) atoms. The molecule has 2 aliphatic rings. The lowest BCUT2D eigenvalue weighted by atomic mass is 10.2. The Hall–Kier alpha value is -1.65. The van der Waals surface area contributed by atoms with Crippen LogP contribution in [0.25, 0.3) is 0 Å². The fraction of sp³-hybridized carbons (Fsp3) is 0.643. The van der Waals surface area contributed by atoms with Crippen molar-refractivity contribution in [3.8, 4) is 0 Å². The molecular weight excluding hydrogens is 240 g/mol. The van der Waals surface area contributed by atoms with E-state index in [1.165, 1.54) is 17.7 Å². The number of fused-ring (bicyclic) bond motifs is 1. The smallest absolute Gasteiger partial charge is 0.219 e. The summed E-state index contributed by atoms with van der Waals surface area (Å²) in [5, 5.41) is 0. The van der Waals surface area contributed by atoms with Crippen LogP contribution < -0.4 is 4.90 Å². The van der Waals surface area contributed by atoms with Gasteiger partial charge in [-0.2, -0.15) is 0 Å². The van der Waals surface area contributed by atoms with E-state index in [4.69, 9.17) is 0 Å². The lowest BCUT2D eigenvalue weighted by Gasteiger charge is -2.24. The summed E-state index contributed by atoms with van der Waals surface area (Å²) in [6, 6.07) is 0. The number of rotatable bonds is 1. The third kappa shape index (κ3) is 2.41. The number of carbonyl (C=O) groups excluding carboxylic acids is 1. The van der Waals surface area contributed by atoms with E-state index in [0.29, 0.717) is 0 Å². The highest BCUT2D eigenvalue weighted by atomic mass is 16.2. The molecule has 3 rings (SSSR count). The van der Waals surface area contributed by atoms with E-state index >= 15 is 0 Å². The predicted molar refractivity (Wildman–Crippen MR) is 73.1 cm³/mol. The van der Waals surface area contributed by atoms with Crippen LogP contribution in [0.3, 0.4) is 0 Å². The minimum Gasteiger partial charge on any atom is -0.354 e. The Balaban J connectivity index is 1.80. The first-order chi connectivity index (χ1) is 9.25. The molecule has 1 amide bonds. The second-order valence-corrected chi connectivity index (χ2v) is 5.32. The summed E-state index contributed by atoms with van der Waals surface area (Å²) in [6.07, 6.45) is 6.07. The van der Waals surface area contributed by atoms with E-state index in [1.807, 2.05) is 4.90 Å². The molecule has 1 fully saturated rings. The standard InChI is InChI=1S/C14H20N4O/c1-11(19)17-6-3-7-18(9-8-17)14-12-4-2-5-13(12)15-10-16-14/h10H,2-9H2,1H3. The lowest BCUT2D eigenvalue weighted by molar-refractivity contribution is -0.128. The normalized spacial score (nSPS) is 19.2. The Bertz CT molecular complexity index is 488. The van der Waals surface area contributed by atoms with Gasteiger partial charge in [-0.3, -0.25) is 4.79 Å². The largest absolute Gasteiger partial charge is 0.354 e. The van der Waals surface area contributed by atoms with Crippen LogP contribution in [0.15, 0.2) is 6.33 Å². The number of hydrogen-bond donors (Lipinski definition) is 0. The first-order valence-electron chi connectivity index (χ1n) is 7.09. The van der Waals surface area contributed by atoms with Crippen molar-refractivity contribution in [1.29, 1.82) is 0 Å². The molecule has 5 heteroatoms. The van der Waals surface area contributed by atoms with Crippen LogP contribution in [0.4, 0.5) is 5.82 Å². The summed E-state index contributed by atoms with van der Waals surface area (Å²) in [6.45, 7) is 5.17. The SMILES string of the molecule is CC(=O)N1CCCN(c2ncnc3c2CCC3)CC1. The van der Waals surface area contributed by atoms with Crippen LogP contribution in [0.2, 0.25) is 0 Å². The van der Waals surface area contributed by atoms with E-state index in [0.717, 1.165) is 51.3 Å². The second-order valence-electron chi connectivity index (χ2n) is 5.32. The maximum absolute atomic E-state index is 11.5. The van der Waals surface area contributed by atoms with Crippen LogP contribution >= 0.6 is 0 Å². The molecule has 0 spiro atoms. The quantitative estimate of drug-likeness (QED) is 0.756. The molecule has 5 nitrogen and oxygen atoms in total. The van der Waals surface area contributed by atoms with Crippen LogP contribution in [-0.2, 0) is 17.6 Å². The van der Waals surface area contributed by atoms with Crippen molar-refractivity contribution in [3.63, 3.8) is 0 Å². The van der Waals surface area contributed by atoms with Gasteiger partial charge in [0.05, 0.1) is 0 Å². The molecule has 1 saturated heterocycles. The minimum absolute atomic E-state index is 0.176. The number of carbonyl (C=O) groups is 1. The molecule has 2 heterocycles. The molecule has 0 atom stereocenters. The molecule has 102 valence electrons. The molecule has 1 aromatic heterocycles. The molecule has 1 aliphatic heterocycles. The molecule has 0 N–H and O–H groups in total. The summed E-state index contributed by atoms with van der Waals surface area (Å²) in [7, 11) is 0. The van der Waals surface area contributed by atoms with Crippen molar-refractivity contribution in [2.24, 2.45) is 0 Å². The second kappa shape index (κ2) is 5.15. The van der Waals surface area contributed by atoms with E-state index in [1.54, 1.807) is 13.3 Å². The minimum atomic E-state index is 0.176. The van der Waals surface area contributed by atoms with Gasteiger partial charge in [0.2, 0.25) is 5.91 Å². The van der Waals surface area contributed by atoms with Crippen molar-refractivity contribution < 1.29 is 4.79 Å². The summed E-state index contributed by atoms with van der Waals surface area (Å²) in [5.74, 6) is 1.28. The maximum Gasteiger partial charge on any atom is 0.219 e. The highest BCUT2D eigenvalue weighted by Gasteiger charge is 2.23. The Morgan fingerprint density at radius 1 is 1.11 bits per heavy atom. The fourth-order valence-electron chi connectivity index (χ4n) is 3.06. The molecule has 1 aliphatic carbocycles. The monoisotopic (exact) mass is 260 g/mol. The zero-order valence-corrected chi connectivity index (χ0v) is 11.4. The average molecular weight is 260 g/mol. The molecule has 0 bridgehead atoms. The van der Waals surface area contributed by atoms with Crippen LogP contribution in [0.1, 0.15) is 31.0 Å². The number of amides is 1. The van der Waals surface area contributed by atoms with Gasteiger partial charge in [-0.05, 0) is 25.7 Å². The van der Waals surface area contributed by atoms with E-state index in [9.17, 15) is 4.79 Å². The van der Waals surface area contributed by atoms with Gasteiger partial charge < -0.3 is 9.80 Å². The summed E-state index contributed by atoms with van der Waals surface area (Å²) >= 11 is 0. The molecule has 0 aromatic carbocycles. The number of hydrogen-bond acceptors (Lipinski definition) is 4. The van der Waals surface area contributed by atoms with Crippen LogP contribution in [-0.4, -0.2) is 47.0 Å². The van der Waals surface area contributed by atoms with Gasteiger partial charge in [-0.1, -0.05) is 0 Å². The average Bonchev–Trinajstić information content (AvgIpc) is 2.74. The van der Waals surface area contributed by atoms with E-state index in [2.05, 4.69) is 14.9 Å². The summed E-state index contributed by atoms with van der Waals surface area (Å²) in [4.78, 5) is 24.6. The summed E-state index contributed by atoms with van der Waals surface area (Å²) in [5.41, 5.74) is 2.55. The van der Waals surface area contributed by atoms with Gasteiger partial charge in [0.25, 0.3) is 0 Å². The predicted octanol–water partition coefficient (Wildman–Crippen LogP) is 1.02. The molecule has 0 saturated carbocycles. The summed E-state index contributed by atoms with van der Waals surface area (Å²) < 4.78 is 0. The third-order valence-corrected chi connectivity index (χ3v) is 4.09. The molecular formula is C14H20N4O. The number of aromatic nitrogens is 2. The van der Waals surface area contributed by atoms with Gasteiger partial charge >= 0.3 is 0 Å². The van der Waals surface area contributed by atoms with Crippen LogP contribution in [0, 0.1) is 0 Å². The maximum atomic E-state index is 11.5. The zero-order valence-electron chi connectivity index (χ0n) is 11.4. The Morgan fingerprint density at radius 2 is 2.00 bits per heavy atom. The Kier molecular flexibility index (Phi) is 3.36. The number of anilines is 1. The van der Waals surface area contributed by atoms with Crippen molar-refractivity contribution in [2.45, 2.75) is 32.6 Å².